The molecule has 0 spiro atoms. The Kier molecular flexibility index (Phi) is 2.95. The monoisotopic (exact) mass is 209 g/mol. The van der Waals surface area contributed by atoms with Crippen molar-refractivity contribution >= 4 is 5.69 Å². The van der Waals surface area contributed by atoms with Crippen LogP contribution < -0.4 is 5.32 Å². The highest BCUT2D eigenvalue weighted by molar-refractivity contribution is 5.39. The van der Waals surface area contributed by atoms with E-state index in [4.69, 9.17) is 4.74 Å². The van der Waals surface area contributed by atoms with E-state index in [1.165, 1.54) is 0 Å². The molecule has 0 saturated carbocycles. The van der Waals surface area contributed by atoms with Crippen LogP contribution in [-0.2, 0) is 11.8 Å². The molecule has 15 heavy (non-hydrogen) atoms. The molecule has 1 aromatic rings. The molecule has 1 saturated heterocycles. The highest BCUT2D eigenvalue weighted by Gasteiger charge is 2.24. The van der Waals surface area contributed by atoms with Crippen LogP contribution in [0.5, 0.6) is 0 Å². The van der Waals surface area contributed by atoms with Crippen LogP contribution in [-0.4, -0.2) is 28.0 Å². The largest absolute Gasteiger partial charge is 0.380 e. The Bertz CT molecular complexity index is 313. The Balaban J connectivity index is 1.94. The van der Waals surface area contributed by atoms with Gasteiger partial charge in [-0.25, -0.2) is 0 Å². The minimum atomic E-state index is 0.350. The van der Waals surface area contributed by atoms with Gasteiger partial charge < -0.3 is 10.1 Å². The average molecular weight is 209 g/mol. The van der Waals surface area contributed by atoms with Crippen molar-refractivity contribution in [2.24, 2.45) is 7.05 Å². The molecule has 4 nitrogen and oxygen atoms in total. The van der Waals surface area contributed by atoms with E-state index in [2.05, 4.69) is 24.3 Å². The molecule has 4 heteroatoms. The van der Waals surface area contributed by atoms with Gasteiger partial charge in [0, 0.05) is 19.3 Å². The molecule has 0 unspecified atom stereocenters. The zero-order valence-electron chi connectivity index (χ0n) is 9.60. The molecule has 0 aliphatic carbocycles. The molecule has 2 heterocycles. The quantitative estimate of drug-likeness (QED) is 0.807. The third-order valence-electron chi connectivity index (χ3n) is 2.77. The normalized spacial score (nSPS) is 31.5. The van der Waals surface area contributed by atoms with Crippen molar-refractivity contribution in [3.63, 3.8) is 0 Å². The number of aryl methyl sites for hydroxylation is 1. The van der Waals surface area contributed by atoms with Gasteiger partial charge >= 0.3 is 0 Å². The van der Waals surface area contributed by atoms with E-state index < -0.39 is 0 Å². The highest BCUT2D eigenvalue weighted by atomic mass is 16.5. The molecule has 1 aromatic heterocycles. The van der Waals surface area contributed by atoms with E-state index in [-0.39, 0.29) is 0 Å². The predicted molar refractivity (Wildman–Crippen MR) is 59.9 cm³/mol. The molecule has 2 rings (SSSR count). The van der Waals surface area contributed by atoms with Crippen molar-refractivity contribution in [1.82, 2.24) is 9.78 Å². The van der Waals surface area contributed by atoms with Gasteiger partial charge in [0.1, 0.15) is 0 Å². The van der Waals surface area contributed by atoms with E-state index in [0.29, 0.717) is 18.2 Å². The molecular formula is C11H19N3O. The van der Waals surface area contributed by atoms with Gasteiger partial charge in [-0.2, -0.15) is 5.10 Å². The zero-order valence-corrected chi connectivity index (χ0v) is 9.60. The van der Waals surface area contributed by atoms with E-state index in [1.807, 2.05) is 24.1 Å². The fourth-order valence-corrected chi connectivity index (χ4v) is 2.25. The first kappa shape index (κ1) is 10.5. The summed E-state index contributed by atoms with van der Waals surface area (Å²) in [7, 11) is 1.93. The Morgan fingerprint density at radius 2 is 2.07 bits per heavy atom. The van der Waals surface area contributed by atoms with Crippen LogP contribution in [0.4, 0.5) is 5.69 Å². The zero-order chi connectivity index (χ0) is 10.8. The summed E-state index contributed by atoms with van der Waals surface area (Å²) in [5.41, 5.74) is 1.10. The van der Waals surface area contributed by atoms with Gasteiger partial charge in [-0.3, -0.25) is 4.68 Å². The summed E-state index contributed by atoms with van der Waals surface area (Å²) >= 11 is 0. The van der Waals surface area contributed by atoms with Gasteiger partial charge in [0.25, 0.3) is 0 Å². The predicted octanol–water partition coefficient (Wildman–Crippen LogP) is 1.79. The number of nitrogens with one attached hydrogen (secondary N) is 1. The first-order chi connectivity index (χ1) is 7.13. The Hall–Kier alpha value is -1.03. The van der Waals surface area contributed by atoms with Gasteiger partial charge in [0.15, 0.2) is 0 Å². The number of hydrogen-bond donors (Lipinski definition) is 1. The highest BCUT2D eigenvalue weighted by Crippen LogP contribution is 2.22. The Morgan fingerprint density at radius 1 is 1.40 bits per heavy atom. The lowest BCUT2D eigenvalue weighted by Crippen LogP contribution is -2.36. The summed E-state index contributed by atoms with van der Waals surface area (Å²) in [5.74, 6) is 0. The summed E-state index contributed by atoms with van der Waals surface area (Å²) in [5, 5.41) is 7.64. The molecule has 0 bridgehead atoms. The van der Waals surface area contributed by atoms with Crippen molar-refractivity contribution in [2.75, 3.05) is 5.32 Å². The van der Waals surface area contributed by atoms with Crippen LogP contribution in [0.3, 0.4) is 0 Å². The maximum Gasteiger partial charge on any atom is 0.0728 e. The van der Waals surface area contributed by atoms with E-state index in [1.54, 1.807) is 0 Å². The van der Waals surface area contributed by atoms with E-state index >= 15 is 0 Å². The Labute approximate surface area is 90.6 Å². The molecule has 1 N–H and O–H groups in total. The van der Waals surface area contributed by atoms with Crippen molar-refractivity contribution in [3.8, 4) is 0 Å². The van der Waals surface area contributed by atoms with Crippen LogP contribution in [0.2, 0.25) is 0 Å². The number of aromatic nitrogens is 2. The summed E-state index contributed by atoms with van der Waals surface area (Å²) < 4.78 is 7.51. The number of ether oxygens (including phenoxy) is 1. The average Bonchev–Trinajstić information content (AvgIpc) is 2.49. The number of rotatable bonds is 2. The topological polar surface area (TPSA) is 39.1 Å². The fourth-order valence-electron chi connectivity index (χ4n) is 2.25. The van der Waals surface area contributed by atoms with Crippen LogP contribution in [0.15, 0.2) is 12.4 Å². The van der Waals surface area contributed by atoms with Crippen LogP contribution in [0, 0.1) is 0 Å². The van der Waals surface area contributed by atoms with Gasteiger partial charge in [0.05, 0.1) is 24.1 Å². The van der Waals surface area contributed by atoms with E-state index in [0.717, 1.165) is 18.5 Å². The first-order valence-corrected chi connectivity index (χ1v) is 5.54. The summed E-state index contributed by atoms with van der Waals surface area (Å²) in [4.78, 5) is 0. The second-order valence-electron chi connectivity index (χ2n) is 4.47. The summed E-state index contributed by atoms with van der Waals surface area (Å²) in [6, 6.07) is 0.507. The van der Waals surface area contributed by atoms with Crippen molar-refractivity contribution in [2.45, 2.75) is 44.9 Å². The van der Waals surface area contributed by atoms with E-state index in [9.17, 15) is 0 Å². The maximum absolute atomic E-state index is 5.70. The Morgan fingerprint density at radius 3 is 2.60 bits per heavy atom. The molecule has 1 fully saturated rings. The third-order valence-corrected chi connectivity index (χ3v) is 2.77. The molecule has 0 radical (unpaired) electrons. The number of hydrogen-bond acceptors (Lipinski definition) is 3. The van der Waals surface area contributed by atoms with Gasteiger partial charge in [-0.15, -0.1) is 0 Å². The molecular weight excluding hydrogens is 190 g/mol. The lowest BCUT2D eigenvalue weighted by Gasteiger charge is -2.32. The molecule has 84 valence electrons. The number of anilines is 1. The van der Waals surface area contributed by atoms with Crippen molar-refractivity contribution < 1.29 is 4.74 Å². The smallest absolute Gasteiger partial charge is 0.0728 e. The summed E-state index contributed by atoms with van der Waals surface area (Å²) in [6.45, 7) is 4.27. The second-order valence-corrected chi connectivity index (χ2v) is 4.47. The standard InChI is InChI=1S/C11H19N3O/c1-8-4-10(5-9(2)15-8)13-11-6-12-14(3)7-11/h6-10,13H,4-5H2,1-3H3/t8-,9-/m0/s1. The van der Waals surface area contributed by atoms with Crippen LogP contribution >= 0.6 is 0 Å². The van der Waals surface area contributed by atoms with Crippen LogP contribution in [0.1, 0.15) is 26.7 Å². The summed E-state index contributed by atoms with van der Waals surface area (Å²) in [6.07, 6.45) is 6.71. The number of nitrogens with zero attached hydrogens (tertiary/aromatic N) is 2. The SMILES string of the molecule is C[C@H]1CC(Nc2cnn(C)c2)C[C@H](C)O1. The van der Waals surface area contributed by atoms with Gasteiger partial charge in [-0.1, -0.05) is 0 Å². The lowest BCUT2D eigenvalue weighted by atomic mass is 10.00. The molecule has 0 amide bonds. The molecule has 1 aliphatic heterocycles. The first-order valence-electron chi connectivity index (χ1n) is 5.54. The fraction of sp³-hybridized carbons (Fsp3) is 0.727. The minimum absolute atomic E-state index is 0.350. The molecule has 0 aromatic carbocycles. The minimum Gasteiger partial charge on any atom is -0.380 e. The third kappa shape index (κ3) is 2.72. The van der Waals surface area contributed by atoms with Gasteiger partial charge in [0.2, 0.25) is 0 Å². The van der Waals surface area contributed by atoms with Crippen LogP contribution in [0.25, 0.3) is 0 Å². The van der Waals surface area contributed by atoms with Gasteiger partial charge in [-0.05, 0) is 26.7 Å². The van der Waals surface area contributed by atoms with Crippen molar-refractivity contribution in [1.29, 1.82) is 0 Å². The lowest BCUT2D eigenvalue weighted by molar-refractivity contribution is -0.0337. The maximum atomic E-state index is 5.70. The van der Waals surface area contributed by atoms with Crippen molar-refractivity contribution in [3.05, 3.63) is 12.4 Å². The molecule has 2 atom stereocenters. The second kappa shape index (κ2) is 4.23. The molecule has 1 aliphatic rings.